The van der Waals surface area contributed by atoms with E-state index in [1.807, 2.05) is 37.3 Å². The van der Waals surface area contributed by atoms with Gasteiger partial charge in [0.15, 0.2) is 11.5 Å². The van der Waals surface area contributed by atoms with Crippen LogP contribution in [-0.4, -0.2) is 57.9 Å². The van der Waals surface area contributed by atoms with Crippen LogP contribution in [0.1, 0.15) is 38.7 Å². The van der Waals surface area contributed by atoms with Crippen molar-refractivity contribution in [3.63, 3.8) is 0 Å². The van der Waals surface area contributed by atoms with E-state index >= 15 is 8.78 Å². The maximum absolute atomic E-state index is 17.3. The Balaban J connectivity index is 1.39. The van der Waals surface area contributed by atoms with E-state index in [2.05, 4.69) is 4.90 Å². The Labute approximate surface area is 209 Å². The number of benzene rings is 1. The second-order valence-electron chi connectivity index (χ2n) is 12.2. The van der Waals surface area contributed by atoms with E-state index in [9.17, 15) is 19.8 Å². The monoisotopic (exact) mass is 497 g/mol. The number of nitrogens with zero attached hydrogens (tertiary/aromatic N) is 1. The first-order valence-corrected chi connectivity index (χ1v) is 12.9. The van der Waals surface area contributed by atoms with Crippen molar-refractivity contribution in [2.45, 2.75) is 57.6 Å². The first kappa shape index (κ1) is 24.0. The van der Waals surface area contributed by atoms with Crippen LogP contribution in [0.5, 0.6) is 0 Å². The molecule has 1 saturated heterocycles. The van der Waals surface area contributed by atoms with Gasteiger partial charge in [0.25, 0.3) is 0 Å². The zero-order valence-electron chi connectivity index (χ0n) is 20.7. The molecule has 1 aromatic carbocycles. The molecule has 0 spiro atoms. The van der Waals surface area contributed by atoms with Crippen LogP contribution < -0.4 is 0 Å². The molecule has 5 aliphatic rings. The second-order valence-corrected chi connectivity index (χ2v) is 12.2. The molecule has 0 bridgehead atoms. The Morgan fingerprint density at radius 3 is 2.58 bits per heavy atom. The summed E-state index contributed by atoms with van der Waals surface area (Å²) in [4.78, 5) is 27.2. The molecule has 5 nitrogen and oxygen atoms in total. The molecule has 4 aliphatic carbocycles. The number of carboxylic acids is 1. The van der Waals surface area contributed by atoms with Gasteiger partial charge in [0, 0.05) is 31.0 Å². The van der Waals surface area contributed by atoms with E-state index < -0.39 is 46.1 Å². The summed E-state index contributed by atoms with van der Waals surface area (Å²) < 4.78 is 32.9. The molecule has 4 fully saturated rings. The SMILES string of the molecule is C[C@]12C=CC(=O)C=C1[C@@H](F)C[C@H]1C3C[C@H]4CN(Cc5ccccc5)C[C@@]4(C(=O)O)[C@@]3(C)C[C@H](O)[C@@]12F. The number of hydrogen-bond donors (Lipinski definition) is 2. The zero-order chi connectivity index (χ0) is 25.7. The van der Waals surface area contributed by atoms with Crippen molar-refractivity contribution in [1.29, 1.82) is 0 Å². The van der Waals surface area contributed by atoms with Gasteiger partial charge in [-0.3, -0.25) is 14.5 Å². The lowest BCUT2D eigenvalue weighted by Gasteiger charge is -2.63. The van der Waals surface area contributed by atoms with Crippen molar-refractivity contribution >= 4 is 11.8 Å². The van der Waals surface area contributed by atoms with Crippen molar-refractivity contribution < 1.29 is 28.6 Å². The predicted molar refractivity (Wildman–Crippen MR) is 129 cm³/mol. The number of aliphatic hydroxyl groups is 1. The van der Waals surface area contributed by atoms with Gasteiger partial charge in [-0.25, -0.2) is 8.78 Å². The second kappa shape index (κ2) is 7.57. The van der Waals surface area contributed by atoms with Crippen LogP contribution in [0, 0.1) is 34.0 Å². The first-order chi connectivity index (χ1) is 17.0. The Morgan fingerprint density at radius 2 is 1.89 bits per heavy atom. The number of carbonyl (C=O) groups is 2. The van der Waals surface area contributed by atoms with Gasteiger partial charge in [0.05, 0.1) is 11.5 Å². The molecule has 0 amide bonds. The van der Waals surface area contributed by atoms with Gasteiger partial charge in [0.2, 0.25) is 0 Å². The smallest absolute Gasteiger partial charge is 0.311 e. The van der Waals surface area contributed by atoms with E-state index in [1.165, 1.54) is 18.2 Å². The summed E-state index contributed by atoms with van der Waals surface area (Å²) in [6, 6.07) is 9.90. The standard InChI is InChI=1S/C29H33F2NO4/c1-26-9-8-19(33)11-22(26)23(30)12-21-20-10-18-15-32(14-17-6-4-3-5-7-17)16-28(18,25(35)36)27(20,2)13-24(34)29(21,26)31/h3-9,11,18,20-21,23-24,34H,10,12-16H2,1-2H3,(H,35,36)/t18-,20?,21-,23-,24-,26-,27-,28+,29-/m0/s1. The van der Waals surface area contributed by atoms with Crippen LogP contribution in [0.3, 0.4) is 0 Å². The quantitative estimate of drug-likeness (QED) is 0.657. The fourth-order valence-electron chi connectivity index (χ4n) is 9.19. The minimum Gasteiger partial charge on any atom is -0.481 e. The number of allylic oxidation sites excluding steroid dienone is 4. The van der Waals surface area contributed by atoms with Crippen LogP contribution >= 0.6 is 0 Å². The van der Waals surface area contributed by atoms with Crippen LogP contribution in [0.2, 0.25) is 0 Å². The number of carbonyl (C=O) groups excluding carboxylic acids is 1. The third kappa shape index (κ3) is 2.76. The van der Waals surface area contributed by atoms with Crippen molar-refractivity contribution in [2.24, 2.45) is 34.0 Å². The number of ketones is 1. The van der Waals surface area contributed by atoms with Gasteiger partial charge in [-0.05, 0) is 66.7 Å². The van der Waals surface area contributed by atoms with Gasteiger partial charge in [-0.2, -0.15) is 0 Å². The lowest BCUT2D eigenvalue weighted by Crippen LogP contribution is -2.69. The highest BCUT2D eigenvalue weighted by Crippen LogP contribution is 2.74. The van der Waals surface area contributed by atoms with Crippen LogP contribution in [0.25, 0.3) is 0 Å². The summed E-state index contributed by atoms with van der Waals surface area (Å²) in [6.45, 7) is 5.00. The predicted octanol–water partition coefficient (Wildman–Crippen LogP) is 4.12. The van der Waals surface area contributed by atoms with Crippen molar-refractivity contribution in [1.82, 2.24) is 4.90 Å². The number of aliphatic carboxylic acids is 1. The molecule has 0 aromatic heterocycles. The maximum atomic E-state index is 17.3. The van der Waals surface area contributed by atoms with Crippen molar-refractivity contribution in [3.05, 3.63) is 59.7 Å². The normalized spacial score (nSPS) is 47.5. The topological polar surface area (TPSA) is 77.8 Å². The molecule has 0 radical (unpaired) electrons. The molecule has 1 unspecified atom stereocenters. The van der Waals surface area contributed by atoms with Crippen LogP contribution in [0.4, 0.5) is 8.78 Å². The fourth-order valence-corrected chi connectivity index (χ4v) is 9.19. The summed E-state index contributed by atoms with van der Waals surface area (Å²) in [5.74, 6) is -2.72. The molecule has 192 valence electrons. The summed E-state index contributed by atoms with van der Waals surface area (Å²) in [6.07, 6.45) is 1.24. The number of carboxylic acid groups (broad SMARTS) is 1. The molecule has 7 heteroatoms. The highest BCUT2D eigenvalue weighted by atomic mass is 19.1. The first-order valence-electron chi connectivity index (χ1n) is 12.9. The number of rotatable bonds is 3. The number of halogens is 2. The van der Waals surface area contributed by atoms with Crippen LogP contribution in [-0.2, 0) is 16.1 Å². The molecule has 2 N–H and O–H groups in total. The third-order valence-electron chi connectivity index (χ3n) is 10.9. The van der Waals surface area contributed by atoms with Gasteiger partial charge < -0.3 is 10.2 Å². The molecular weight excluding hydrogens is 464 g/mol. The Bertz CT molecular complexity index is 1180. The average Bonchev–Trinajstić information content (AvgIpc) is 3.31. The minimum atomic E-state index is -2.18. The molecule has 9 atom stereocenters. The molecular formula is C29H33F2NO4. The minimum absolute atomic E-state index is 0.00570. The lowest BCUT2D eigenvalue weighted by molar-refractivity contribution is -0.215. The van der Waals surface area contributed by atoms with Crippen LogP contribution in [0.15, 0.2) is 54.1 Å². The molecule has 1 aromatic rings. The van der Waals surface area contributed by atoms with Gasteiger partial charge in [-0.15, -0.1) is 0 Å². The molecule has 1 heterocycles. The average molecular weight is 498 g/mol. The lowest BCUT2D eigenvalue weighted by atomic mass is 9.43. The fraction of sp³-hybridized carbons (Fsp3) is 0.586. The summed E-state index contributed by atoms with van der Waals surface area (Å²) in [5.41, 5.74) is -4.46. The number of aliphatic hydroxyl groups excluding tert-OH is 1. The van der Waals surface area contributed by atoms with Gasteiger partial charge in [0.1, 0.15) is 6.17 Å². The van der Waals surface area contributed by atoms with E-state index in [0.29, 0.717) is 26.1 Å². The third-order valence-corrected chi connectivity index (χ3v) is 10.9. The Kier molecular flexibility index (Phi) is 5.05. The molecule has 36 heavy (non-hydrogen) atoms. The summed E-state index contributed by atoms with van der Waals surface area (Å²) in [5, 5.41) is 22.2. The van der Waals surface area contributed by atoms with Crippen molar-refractivity contribution in [3.8, 4) is 0 Å². The number of hydrogen-bond acceptors (Lipinski definition) is 4. The number of fused-ring (bicyclic) bond motifs is 7. The Morgan fingerprint density at radius 1 is 1.17 bits per heavy atom. The van der Waals surface area contributed by atoms with E-state index in [4.69, 9.17) is 0 Å². The Hall–Kier alpha value is -2.38. The molecule has 1 aliphatic heterocycles. The number of likely N-dealkylation sites (tertiary alicyclic amines) is 1. The largest absolute Gasteiger partial charge is 0.481 e. The molecule has 3 saturated carbocycles. The van der Waals surface area contributed by atoms with E-state index in [1.54, 1.807) is 6.92 Å². The number of alkyl halides is 2. The highest BCUT2D eigenvalue weighted by Gasteiger charge is 2.78. The van der Waals surface area contributed by atoms with E-state index in [0.717, 1.165) is 5.56 Å². The summed E-state index contributed by atoms with van der Waals surface area (Å²) in [7, 11) is 0. The summed E-state index contributed by atoms with van der Waals surface area (Å²) >= 11 is 0. The highest BCUT2D eigenvalue weighted by molar-refractivity contribution is 6.01. The van der Waals surface area contributed by atoms with E-state index in [-0.39, 0.29) is 36.0 Å². The van der Waals surface area contributed by atoms with Gasteiger partial charge >= 0.3 is 5.97 Å². The van der Waals surface area contributed by atoms with Gasteiger partial charge in [-0.1, -0.05) is 43.3 Å². The zero-order valence-corrected chi connectivity index (χ0v) is 20.7. The van der Waals surface area contributed by atoms with Crippen molar-refractivity contribution in [2.75, 3.05) is 13.1 Å². The maximum Gasteiger partial charge on any atom is 0.311 e. The molecule has 6 rings (SSSR count).